The SMILES string of the molecule is Cc1ccc(Br)cc1C(NN)c1cccc(OC(C)C)c1. The molecular weight excluding hydrogens is 328 g/mol. The maximum atomic E-state index is 5.80. The maximum absolute atomic E-state index is 5.80. The van der Waals surface area contributed by atoms with Gasteiger partial charge in [-0.2, -0.15) is 0 Å². The molecule has 0 saturated heterocycles. The lowest BCUT2D eigenvalue weighted by Gasteiger charge is -2.20. The van der Waals surface area contributed by atoms with E-state index in [9.17, 15) is 0 Å². The Bertz CT molecular complexity index is 613. The van der Waals surface area contributed by atoms with Crippen molar-refractivity contribution in [3.05, 3.63) is 63.6 Å². The lowest BCUT2D eigenvalue weighted by Crippen LogP contribution is -2.29. The van der Waals surface area contributed by atoms with Crippen molar-refractivity contribution in [3.63, 3.8) is 0 Å². The first kappa shape index (κ1) is 16.0. The molecule has 0 bridgehead atoms. The Morgan fingerprint density at radius 3 is 2.57 bits per heavy atom. The third kappa shape index (κ3) is 4.06. The van der Waals surface area contributed by atoms with Gasteiger partial charge in [0.05, 0.1) is 12.1 Å². The predicted molar refractivity (Wildman–Crippen MR) is 90.3 cm³/mol. The van der Waals surface area contributed by atoms with Gasteiger partial charge in [-0.1, -0.05) is 34.1 Å². The normalized spacial score (nSPS) is 12.5. The second kappa shape index (κ2) is 7.07. The van der Waals surface area contributed by atoms with E-state index in [4.69, 9.17) is 10.6 Å². The van der Waals surface area contributed by atoms with Crippen molar-refractivity contribution < 1.29 is 4.74 Å². The van der Waals surface area contributed by atoms with E-state index in [0.29, 0.717) is 0 Å². The van der Waals surface area contributed by atoms with Gasteiger partial charge in [-0.05, 0) is 61.7 Å². The van der Waals surface area contributed by atoms with Gasteiger partial charge in [0.25, 0.3) is 0 Å². The highest BCUT2D eigenvalue weighted by Crippen LogP contribution is 2.29. The molecule has 2 aromatic carbocycles. The van der Waals surface area contributed by atoms with Crippen LogP contribution in [0.3, 0.4) is 0 Å². The quantitative estimate of drug-likeness (QED) is 0.631. The zero-order valence-corrected chi connectivity index (χ0v) is 14.1. The van der Waals surface area contributed by atoms with Crippen LogP contribution in [0.4, 0.5) is 0 Å². The van der Waals surface area contributed by atoms with Crippen LogP contribution in [0, 0.1) is 6.92 Å². The van der Waals surface area contributed by atoms with Crippen LogP contribution in [-0.2, 0) is 0 Å². The summed E-state index contributed by atoms with van der Waals surface area (Å²) in [5.41, 5.74) is 6.33. The minimum Gasteiger partial charge on any atom is -0.491 e. The van der Waals surface area contributed by atoms with E-state index in [1.165, 1.54) is 5.56 Å². The van der Waals surface area contributed by atoms with Crippen molar-refractivity contribution in [1.29, 1.82) is 0 Å². The number of ether oxygens (including phenoxy) is 1. The lowest BCUT2D eigenvalue weighted by atomic mass is 9.95. The van der Waals surface area contributed by atoms with Crippen molar-refractivity contribution in [3.8, 4) is 5.75 Å². The number of nitrogens with two attached hydrogens (primary N) is 1. The summed E-state index contributed by atoms with van der Waals surface area (Å²) in [4.78, 5) is 0. The first-order valence-electron chi connectivity index (χ1n) is 7.00. The average Bonchev–Trinajstić information content (AvgIpc) is 2.43. The monoisotopic (exact) mass is 348 g/mol. The van der Waals surface area contributed by atoms with Gasteiger partial charge >= 0.3 is 0 Å². The maximum Gasteiger partial charge on any atom is 0.120 e. The summed E-state index contributed by atoms with van der Waals surface area (Å²) < 4.78 is 6.80. The molecule has 1 unspecified atom stereocenters. The Hall–Kier alpha value is -1.36. The summed E-state index contributed by atoms with van der Waals surface area (Å²) in [5, 5.41) is 0. The highest BCUT2D eigenvalue weighted by Gasteiger charge is 2.16. The molecule has 0 aromatic heterocycles. The molecule has 2 aromatic rings. The zero-order chi connectivity index (χ0) is 15.4. The van der Waals surface area contributed by atoms with E-state index in [0.717, 1.165) is 21.3 Å². The molecule has 0 saturated carbocycles. The first-order chi connectivity index (χ1) is 10.0. The van der Waals surface area contributed by atoms with Gasteiger partial charge in [-0.25, -0.2) is 5.43 Å². The highest BCUT2D eigenvalue weighted by atomic mass is 79.9. The minimum absolute atomic E-state index is 0.0711. The van der Waals surface area contributed by atoms with Crippen LogP contribution in [0.2, 0.25) is 0 Å². The third-order valence-electron chi connectivity index (χ3n) is 3.28. The number of hydrogen-bond acceptors (Lipinski definition) is 3. The molecule has 0 aliphatic heterocycles. The largest absolute Gasteiger partial charge is 0.491 e. The molecule has 0 aliphatic carbocycles. The van der Waals surface area contributed by atoms with Gasteiger partial charge in [0.2, 0.25) is 0 Å². The summed E-state index contributed by atoms with van der Waals surface area (Å²) in [7, 11) is 0. The smallest absolute Gasteiger partial charge is 0.120 e. The molecule has 0 amide bonds. The number of benzene rings is 2. The topological polar surface area (TPSA) is 47.3 Å². The van der Waals surface area contributed by atoms with Crippen LogP contribution in [0.25, 0.3) is 0 Å². The fraction of sp³-hybridized carbons (Fsp3) is 0.294. The standard InChI is InChI=1S/C17H21BrN2O/c1-11(2)21-15-6-4-5-13(9-15)17(20-19)16-10-14(18)8-7-12(16)3/h4-11,17,20H,19H2,1-3H3. The summed E-state index contributed by atoms with van der Waals surface area (Å²) in [5.74, 6) is 6.66. The zero-order valence-electron chi connectivity index (χ0n) is 12.6. The van der Waals surface area contributed by atoms with Gasteiger partial charge in [0.15, 0.2) is 0 Å². The molecule has 21 heavy (non-hydrogen) atoms. The summed E-state index contributed by atoms with van der Waals surface area (Å²) in [6, 6.07) is 14.2. The van der Waals surface area contributed by atoms with Crippen LogP contribution in [0.15, 0.2) is 46.9 Å². The molecule has 1 atom stereocenters. The van der Waals surface area contributed by atoms with Gasteiger partial charge in [-0.3, -0.25) is 5.84 Å². The summed E-state index contributed by atoms with van der Waals surface area (Å²) in [6.45, 7) is 6.12. The first-order valence-corrected chi connectivity index (χ1v) is 7.79. The van der Waals surface area contributed by atoms with Crippen LogP contribution in [-0.4, -0.2) is 6.10 Å². The summed E-state index contributed by atoms with van der Waals surface area (Å²) >= 11 is 3.52. The van der Waals surface area contributed by atoms with Crippen LogP contribution < -0.4 is 16.0 Å². The Balaban J connectivity index is 2.39. The minimum atomic E-state index is -0.0711. The molecule has 3 N–H and O–H groups in total. The van der Waals surface area contributed by atoms with Gasteiger partial charge in [-0.15, -0.1) is 0 Å². The van der Waals surface area contributed by atoms with Gasteiger partial charge in [0.1, 0.15) is 5.75 Å². The molecule has 0 heterocycles. The number of hydrazine groups is 1. The van der Waals surface area contributed by atoms with Crippen molar-refractivity contribution in [2.45, 2.75) is 32.9 Å². The van der Waals surface area contributed by atoms with Crippen molar-refractivity contribution in [1.82, 2.24) is 5.43 Å². The highest BCUT2D eigenvalue weighted by molar-refractivity contribution is 9.10. The van der Waals surface area contributed by atoms with E-state index in [-0.39, 0.29) is 12.1 Å². The third-order valence-corrected chi connectivity index (χ3v) is 3.78. The van der Waals surface area contributed by atoms with E-state index < -0.39 is 0 Å². The Morgan fingerprint density at radius 1 is 1.14 bits per heavy atom. The molecule has 2 rings (SSSR count). The number of aryl methyl sites for hydroxylation is 1. The lowest BCUT2D eigenvalue weighted by molar-refractivity contribution is 0.242. The predicted octanol–water partition coefficient (Wildman–Crippen LogP) is 4.10. The van der Waals surface area contributed by atoms with E-state index >= 15 is 0 Å². The Labute approximate surface area is 134 Å². The van der Waals surface area contributed by atoms with Crippen molar-refractivity contribution >= 4 is 15.9 Å². The molecule has 0 spiro atoms. The average molecular weight is 349 g/mol. The molecule has 0 fully saturated rings. The molecule has 0 aliphatic rings. The molecule has 3 nitrogen and oxygen atoms in total. The number of rotatable bonds is 5. The summed E-state index contributed by atoms with van der Waals surface area (Å²) in [6.07, 6.45) is 0.150. The Morgan fingerprint density at radius 2 is 1.90 bits per heavy atom. The second-order valence-electron chi connectivity index (χ2n) is 5.34. The number of hydrogen-bond donors (Lipinski definition) is 2. The van der Waals surface area contributed by atoms with E-state index in [1.807, 2.05) is 38.1 Å². The van der Waals surface area contributed by atoms with E-state index in [1.54, 1.807) is 0 Å². The molecule has 0 radical (unpaired) electrons. The number of halogens is 1. The van der Waals surface area contributed by atoms with Gasteiger partial charge < -0.3 is 4.74 Å². The second-order valence-corrected chi connectivity index (χ2v) is 6.26. The molecular formula is C17H21BrN2O. The van der Waals surface area contributed by atoms with E-state index in [2.05, 4.69) is 46.5 Å². The fourth-order valence-corrected chi connectivity index (χ4v) is 2.71. The van der Waals surface area contributed by atoms with Crippen molar-refractivity contribution in [2.75, 3.05) is 0 Å². The van der Waals surface area contributed by atoms with Crippen LogP contribution in [0.5, 0.6) is 5.75 Å². The van der Waals surface area contributed by atoms with Crippen LogP contribution in [0.1, 0.15) is 36.6 Å². The molecule has 4 heteroatoms. The van der Waals surface area contributed by atoms with Crippen LogP contribution >= 0.6 is 15.9 Å². The molecule has 112 valence electrons. The van der Waals surface area contributed by atoms with Gasteiger partial charge in [0, 0.05) is 4.47 Å². The number of nitrogens with one attached hydrogen (secondary N) is 1. The van der Waals surface area contributed by atoms with Crippen molar-refractivity contribution in [2.24, 2.45) is 5.84 Å². The fourth-order valence-electron chi connectivity index (χ4n) is 2.33. The Kier molecular flexibility index (Phi) is 5.39.